The van der Waals surface area contributed by atoms with Gasteiger partial charge in [0.2, 0.25) is 5.95 Å². The Morgan fingerprint density at radius 3 is 1.05 bits per heavy atom. The molecule has 0 bridgehead atoms. The minimum absolute atomic E-state index is 0.562. The van der Waals surface area contributed by atoms with Gasteiger partial charge >= 0.3 is 0 Å². The number of aromatic nitrogens is 8. The standard InChI is InChI=1S/C51H32N4O.C45H28N4O/c1-3-12-33(13-4-1)35-22-24-36(25-23-35)49-52-50(40-17-11-16-37(30-40)34-14-5-2-6-15-34)54-51(53-49)55-45-20-9-7-18-41(45)43-31-38(26-28-46(43)55)39-27-29-48-44(32-39)42-19-8-10-21-47(42)56-48;1-3-13-29(14-4-1)43-46-44(30-15-5-2-6-16-30)48-45(47-43)35-19-8-11-21-39(35)49-38-20-10-7-17-33(38)36-27-31(23-25-40(36)49)32-24-26-42-37(28-32)34-18-9-12-22-41(34)50-42/h1-32H;1-28H. The summed E-state index contributed by atoms with van der Waals surface area (Å²) in [5, 5.41) is 9.08. The fraction of sp³-hybridized carbons (Fsp3) is 0. The molecule has 15 aromatic carbocycles. The maximum absolute atomic E-state index is 6.14. The molecule has 6 aromatic heterocycles. The highest BCUT2D eigenvalue weighted by Gasteiger charge is 2.23. The van der Waals surface area contributed by atoms with E-state index in [1.165, 1.54) is 10.8 Å². The van der Waals surface area contributed by atoms with Crippen LogP contribution >= 0.6 is 0 Å². The van der Waals surface area contributed by atoms with E-state index >= 15 is 0 Å². The first kappa shape index (κ1) is 61.4. The van der Waals surface area contributed by atoms with E-state index in [2.05, 4.69) is 276 Å². The van der Waals surface area contributed by atoms with Crippen molar-refractivity contribution in [3.8, 4) is 113 Å². The molecule has 0 atom stereocenters. The highest BCUT2D eigenvalue weighted by atomic mass is 16.3. The number of rotatable bonds is 11. The molecule has 21 rings (SSSR count). The molecule has 0 saturated carbocycles. The lowest BCUT2D eigenvalue weighted by molar-refractivity contribution is 0.668. The van der Waals surface area contributed by atoms with Gasteiger partial charge in [-0.25, -0.2) is 19.9 Å². The number of fused-ring (bicyclic) bond motifs is 12. The molecule has 0 radical (unpaired) electrons. The monoisotopic (exact) mass is 1360 g/mol. The van der Waals surface area contributed by atoms with Gasteiger partial charge in [-0.1, -0.05) is 273 Å². The van der Waals surface area contributed by atoms with Gasteiger partial charge in [0, 0.05) is 70.9 Å². The van der Waals surface area contributed by atoms with E-state index in [4.69, 9.17) is 38.7 Å². The van der Waals surface area contributed by atoms with Crippen molar-refractivity contribution in [3.63, 3.8) is 0 Å². The predicted molar refractivity (Wildman–Crippen MR) is 432 cm³/mol. The number of furan rings is 2. The fourth-order valence-electron chi connectivity index (χ4n) is 15.0. The Labute approximate surface area is 608 Å². The molecule has 10 heteroatoms. The first-order chi connectivity index (χ1) is 52.5. The zero-order valence-electron chi connectivity index (χ0n) is 57.0. The molecule has 106 heavy (non-hydrogen) atoms. The van der Waals surface area contributed by atoms with E-state index in [0.717, 1.165) is 155 Å². The predicted octanol–water partition coefficient (Wildman–Crippen LogP) is 24.7. The normalized spacial score (nSPS) is 11.6. The van der Waals surface area contributed by atoms with Crippen LogP contribution in [0.1, 0.15) is 0 Å². The fourth-order valence-corrected chi connectivity index (χ4v) is 15.0. The molecule has 21 aromatic rings. The highest BCUT2D eigenvalue weighted by Crippen LogP contribution is 2.42. The Kier molecular flexibility index (Phi) is 15.0. The molecular weight excluding hydrogens is 1300 g/mol. The lowest BCUT2D eigenvalue weighted by Crippen LogP contribution is -2.06. The molecule has 0 aliphatic rings. The Hall–Kier alpha value is -14.5. The third kappa shape index (κ3) is 11.0. The van der Waals surface area contributed by atoms with Gasteiger partial charge in [0.15, 0.2) is 29.1 Å². The summed E-state index contributed by atoms with van der Waals surface area (Å²) in [6, 6.07) is 126. The van der Waals surface area contributed by atoms with Crippen molar-refractivity contribution in [1.82, 2.24) is 39.0 Å². The number of hydrogen-bond acceptors (Lipinski definition) is 8. The summed E-state index contributed by atoms with van der Waals surface area (Å²) < 4.78 is 16.8. The molecule has 0 fully saturated rings. The largest absolute Gasteiger partial charge is 0.456 e. The van der Waals surface area contributed by atoms with Crippen LogP contribution in [0.25, 0.3) is 201 Å². The third-order valence-corrected chi connectivity index (χ3v) is 20.2. The molecule has 496 valence electrons. The lowest BCUT2D eigenvalue weighted by Gasteiger charge is -2.14. The van der Waals surface area contributed by atoms with Gasteiger partial charge < -0.3 is 13.4 Å². The van der Waals surface area contributed by atoms with Crippen LogP contribution in [0, 0.1) is 0 Å². The maximum Gasteiger partial charge on any atom is 0.238 e. The molecule has 0 amide bonds. The Morgan fingerprint density at radius 1 is 0.179 bits per heavy atom. The van der Waals surface area contributed by atoms with E-state index in [0.29, 0.717) is 35.1 Å². The van der Waals surface area contributed by atoms with Crippen molar-refractivity contribution >= 4 is 87.5 Å². The molecular formula is C96H60N8O2. The SMILES string of the molecule is c1ccc(-c2ccc(-c3nc(-c4cccc(-c5ccccc5)c4)nc(-n4c5ccccc5c5cc(-c6ccc7oc8ccccc8c7c6)ccc54)n3)cc2)cc1.c1ccc(-c2nc(-c3ccccc3)nc(-c3ccccc3-n3c4ccccc4c4cc(-c5ccc6oc7ccccc7c6c5)ccc43)n2)cc1. The number of hydrogen-bond donors (Lipinski definition) is 0. The average Bonchev–Trinajstić information content (AvgIpc) is 1.58. The maximum atomic E-state index is 6.14. The van der Waals surface area contributed by atoms with Crippen LogP contribution in [0.3, 0.4) is 0 Å². The second-order valence-electron chi connectivity index (χ2n) is 26.5. The van der Waals surface area contributed by atoms with Crippen molar-refractivity contribution < 1.29 is 8.83 Å². The van der Waals surface area contributed by atoms with Crippen LogP contribution in [0.5, 0.6) is 0 Å². The van der Waals surface area contributed by atoms with Crippen molar-refractivity contribution in [3.05, 3.63) is 364 Å². The minimum atomic E-state index is 0.562. The molecule has 10 nitrogen and oxygen atoms in total. The van der Waals surface area contributed by atoms with E-state index in [9.17, 15) is 0 Å². The Balaban J connectivity index is 0.000000141. The quantitative estimate of drug-likeness (QED) is 0.126. The van der Waals surface area contributed by atoms with Crippen molar-refractivity contribution in [2.24, 2.45) is 0 Å². The average molecular weight is 1360 g/mol. The summed E-state index contributed by atoms with van der Waals surface area (Å²) >= 11 is 0. The molecule has 0 N–H and O–H groups in total. The second kappa shape index (κ2) is 25.8. The molecule has 0 unspecified atom stereocenters. The number of para-hydroxylation sites is 5. The number of nitrogens with zero attached hydrogens (tertiary/aromatic N) is 8. The van der Waals surface area contributed by atoms with Crippen molar-refractivity contribution in [2.45, 2.75) is 0 Å². The summed E-state index contributed by atoms with van der Waals surface area (Å²) in [5.74, 6) is 3.68. The molecule has 6 heterocycles. The van der Waals surface area contributed by atoms with Crippen molar-refractivity contribution in [1.29, 1.82) is 0 Å². The summed E-state index contributed by atoms with van der Waals surface area (Å²) in [6.07, 6.45) is 0. The summed E-state index contributed by atoms with van der Waals surface area (Å²) in [4.78, 5) is 30.7. The van der Waals surface area contributed by atoms with Gasteiger partial charge in [-0.2, -0.15) is 9.97 Å². The molecule has 0 spiro atoms. The molecule has 0 aliphatic carbocycles. The lowest BCUT2D eigenvalue weighted by atomic mass is 10.0. The van der Waals surface area contributed by atoms with Crippen LogP contribution in [0.15, 0.2) is 373 Å². The van der Waals surface area contributed by atoms with Gasteiger partial charge in [-0.3, -0.25) is 4.57 Å². The molecule has 0 saturated heterocycles. The highest BCUT2D eigenvalue weighted by molar-refractivity contribution is 6.13. The topological polar surface area (TPSA) is 113 Å². The van der Waals surface area contributed by atoms with Crippen LogP contribution in [0.4, 0.5) is 0 Å². The first-order valence-electron chi connectivity index (χ1n) is 35.5. The minimum Gasteiger partial charge on any atom is -0.456 e. The van der Waals surface area contributed by atoms with Gasteiger partial charge in [-0.05, 0) is 136 Å². The van der Waals surface area contributed by atoms with Crippen molar-refractivity contribution in [2.75, 3.05) is 0 Å². The summed E-state index contributed by atoms with van der Waals surface area (Å²) in [6.45, 7) is 0. The summed E-state index contributed by atoms with van der Waals surface area (Å²) in [5.41, 5.74) is 22.6. The smallest absolute Gasteiger partial charge is 0.238 e. The van der Waals surface area contributed by atoms with E-state index < -0.39 is 0 Å². The Bertz CT molecular complexity index is 6890. The van der Waals surface area contributed by atoms with Gasteiger partial charge in [0.25, 0.3) is 0 Å². The van der Waals surface area contributed by atoms with Crippen LogP contribution in [-0.4, -0.2) is 39.0 Å². The van der Waals surface area contributed by atoms with Crippen LogP contribution in [-0.2, 0) is 0 Å². The van der Waals surface area contributed by atoms with Crippen LogP contribution < -0.4 is 0 Å². The first-order valence-corrected chi connectivity index (χ1v) is 35.5. The summed E-state index contributed by atoms with van der Waals surface area (Å²) in [7, 11) is 0. The van der Waals surface area contributed by atoms with E-state index in [1.807, 2.05) is 97.1 Å². The van der Waals surface area contributed by atoms with Gasteiger partial charge in [0.05, 0.1) is 27.8 Å². The van der Waals surface area contributed by atoms with Crippen LogP contribution in [0.2, 0.25) is 0 Å². The molecule has 0 aliphatic heterocycles. The zero-order chi connectivity index (χ0) is 70.0. The van der Waals surface area contributed by atoms with E-state index in [-0.39, 0.29) is 0 Å². The van der Waals surface area contributed by atoms with Gasteiger partial charge in [0.1, 0.15) is 22.3 Å². The Morgan fingerprint density at radius 2 is 0.500 bits per heavy atom. The van der Waals surface area contributed by atoms with E-state index in [1.54, 1.807) is 0 Å². The zero-order valence-corrected chi connectivity index (χ0v) is 57.0. The van der Waals surface area contributed by atoms with Gasteiger partial charge in [-0.15, -0.1) is 0 Å². The third-order valence-electron chi connectivity index (χ3n) is 20.2. The second-order valence-corrected chi connectivity index (χ2v) is 26.5. The number of benzene rings is 15.